The van der Waals surface area contributed by atoms with Crippen molar-refractivity contribution in [2.45, 2.75) is 32.6 Å². The molecular formula is C42H42N8O5. The molecule has 0 bridgehead atoms. The third-order valence-electron chi connectivity index (χ3n) is 9.64. The molecule has 6 aromatic rings. The second-order valence-electron chi connectivity index (χ2n) is 13.9. The van der Waals surface area contributed by atoms with E-state index in [9.17, 15) is 9.59 Å². The molecule has 1 aliphatic heterocycles. The van der Waals surface area contributed by atoms with E-state index in [1.165, 1.54) is 0 Å². The van der Waals surface area contributed by atoms with Crippen molar-refractivity contribution in [2.24, 2.45) is 0 Å². The molecule has 0 radical (unpaired) electrons. The Bertz CT molecular complexity index is 2340. The minimum absolute atomic E-state index is 0.150. The van der Waals surface area contributed by atoms with Crippen LogP contribution in [0.5, 0.6) is 17.4 Å². The van der Waals surface area contributed by atoms with Gasteiger partial charge in [-0.3, -0.25) is 15.0 Å². The Morgan fingerprint density at radius 2 is 1.69 bits per heavy atom. The molecule has 280 valence electrons. The summed E-state index contributed by atoms with van der Waals surface area (Å²) < 4.78 is 19.4. The SMILES string of the molecule is CC(C)c1cc(NC(=O)Nc2ccc(Oc3ccnc(Nc4ccc5c(c4)CC(=O)C5)n3)c3ccccc23)n(-c2ccc(OCCN3CCOCC3)cc2)n1. The number of Topliss-reactive ketones (excluding diaryl/α,β-unsaturated/α-hetero) is 1. The average molecular weight is 739 g/mol. The van der Waals surface area contributed by atoms with Gasteiger partial charge in [0, 0.05) is 67.3 Å². The van der Waals surface area contributed by atoms with Crippen LogP contribution in [0.25, 0.3) is 16.5 Å². The zero-order chi connectivity index (χ0) is 37.7. The molecule has 1 fully saturated rings. The molecule has 3 N–H and O–H groups in total. The van der Waals surface area contributed by atoms with E-state index in [1.807, 2.05) is 72.8 Å². The second kappa shape index (κ2) is 16.0. The van der Waals surface area contributed by atoms with Crippen molar-refractivity contribution < 1.29 is 23.8 Å². The minimum Gasteiger partial charge on any atom is -0.492 e. The zero-order valence-electron chi connectivity index (χ0n) is 30.7. The lowest BCUT2D eigenvalue weighted by Crippen LogP contribution is -2.38. The number of nitrogens with zero attached hydrogens (tertiary/aromatic N) is 5. The number of anilines is 4. The summed E-state index contributed by atoms with van der Waals surface area (Å²) in [5.74, 6) is 2.95. The first-order valence-corrected chi connectivity index (χ1v) is 18.5. The summed E-state index contributed by atoms with van der Waals surface area (Å²) in [7, 11) is 0. The molecule has 13 nitrogen and oxygen atoms in total. The number of carbonyl (C=O) groups is 2. The van der Waals surface area contributed by atoms with Gasteiger partial charge in [0.1, 0.15) is 29.7 Å². The molecule has 2 amide bonds. The highest BCUT2D eigenvalue weighted by atomic mass is 16.5. The Morgan fingerprint density at radius 1 is 0.891 bits per heavy atom. The highest BCUT2D eigenvalue weighted by Gasteiger charge is 2.20. The van der Waals surface area contributed by atoms with Crippen molar-refractivity contribution >= 4 is 45.7 Å². The maximum Gasteiger partial charge on any atom is 0.324 e. The number of hydrogen-bond donors (Lipinski definition) is 3. The van der Waals surface area contributed by atoms with Crippen LogP contribution in [0.1, 0.15) is 36.6 Å². The zero-order valence-corrected chi connectivity index (χ0v) is 30.7. The first-order chi connectivity index (χ1) is 26.8. The quantitative estimate of drug-likeness (QED) is 0.115. The van der Waals surface area contributed by atoms with E-state index in [0.717, 1.165) is 77.6 Å². The fourth-order valence-corrected chi connectivity index (χ4v) is 6.74. The molecule has 13 heteroatoms. The number of carbonyl (C=O) groups excluding carboxylic acids is 2. The van der Waals surface area contributed by atoms with E-state index in [1.54, 1.807) is 29.1 Å². The molecule has 3 heterocycles. The third-order valence-corrected chi connectivity index (χ3v) is 9.64. The predicted octanol–water partition coefficient (Wildman–Crippen LogP) is 7.50. The van der Waals surface area contributed by atoms with E-state index in [2.05, 4.69) is 44.7 Å². The van der Waals surface area contributed by atoms with Crippen molar-refractivity contribution in [3.05, 3.63) is 114 Å². The highest BCUT2D eigenvalue weighted by molar-refractivity contribution is 6.07. The van der Waals surface area contributed by atoms with Gasteiger partial charge in [-0.2, -0.15) is 10.1 Å². The molecule has 55 heavy (non-hydrogen) atoms. The van der Waals surface area contributed by atoms with Crippen LogP contribution in [0.15, 0.2) is 97.2 Å². The molecule has 4 aromatic carbocycles. The van der Waals surface area contributed by atoms with E-state index >= 15 is 0 Å². The van der Waals surface area contributed by atoms with Gasteiger partial charge >= 0.3 is 6.03 Å². The Labute approximate surface area is 318 Å². The Kier molecular flexibility index (Phi) is 10.4. The first-order valence-electron chi connectivity index (χ1n) is 18.5. The van der Waals surface area contributed by atoms with Crippen LogP contribution in [0.3, 0.4) is 0 Å². The lowest BCUT2D eigenvalue weighted by molar-refractivity contribution is -0.117. The van der Waals surface area contributed by atoms with Gasteiger partial charge in [-0.05, 0) is 65.6 Å². The van der Waals surface area contributed by atoms with Crippen LogP contribution in [-0.2, 0) is 22.4 Å². The van der Waals surface area contributed by atoms with Gasteiger partial charge in [0.25, 0.3) is 0 Å². The topological polar surface area (TPSA) is 145 Å². The fourth-order valence-electron chi connectivity index (χ4n) is 6.74. The fraction of sp³-hybridized carbons (Fsp3) is 0.262. The number of amides is 2. The maximum absolute atomic E-state index is 13.6. The Morgan fingerprint density at radius 3 is 2.51 bits per heavy atom. The lowest BCUT2D eigenvalue weighted by atomic mass is 10.1. The summed E-state index contributed by atoms with van der Waals surface area (Å²) in [5, 5.41) is 15.6. The van der Waals surface area contributed by atoms with Crippen molar-refractivity contribution in [1.82, 2.24) is 24.6 Å². The van der Waals surface area contributed by atoms with Crippen LogP contribution in [-0.4, -0.2) is 75.9 Å². The number of ether oxygens (including phenoxy) is 3. The van der Waals surface area contributed by atoms with Crippen LogP contribution in [0.2, 0.25) is 0 Å². The van der Waals surface area contributed by atoms with Crippen molar-refractivity contribution in [3.63, 3.8) is 0 Å². The molecule has 0 spiro atoms. The van der Waals surface area contributed by atoms with Crippen molar-refractivity contribution in [3.8, 4) is 23.1 Å². The minimum atomic E-state index is -0.416. The van der Waals surface area contributed by atoms with Crippen molar-refractivity contribution in [1.29, 1.82) is 0 Å². The summed E-state index contributed by atoms with van der Waals surface area (Å²) in [5.41, 5.74) is 5.13. The highest BCUT2D eigenvalue weighted by Crippen LogP contribution is 2.35. The number of fused-ring (bicyclic) bond motifs is 2. The number of ketones is 1. The number of benzene rings is 4. The second-order valence-corrected chi connectivity index (χ2v) is 13.9. The molecule has 1 aliphatic carbocycles. The van der Waals surface area contributed by atoms with E-state index < -0.39 is 6.03 Å². The van der Waals surface area contributed by atoms with Gasteiger partial charge in [-0.15, -0.1) is 0 Å². The van der Waals surface area contributed by atoms with E-state index in [4.69, 9.17) is 19.3 Å². The smallest absolute Gasteiger partial charge is 0.324 e. The summed E-state index contributed by atoms with van der Waals surface area (Å²) >= 11 is 0. The van der Waals surface area contributed by atoms with E-state index in [0.29, 0.717) is 48.5 Å². The number of nitrogens with one attached hydrogen (secondary N) is 3. The Hall–Kier alpha value is -6.31. The normalized spacial score (nSPS) is 14.2. The van der Waals surface area contributed by atoms with Crippen molar-refractivity contribution in [2.75, 3.05) is 55.4 Å². The summed E-state index contributed by atoms with van der Waals surface area (Å²) in [6, 6.07) is 28.0. The average Bonchev–Trinajstić information content (AvgIpc) is 3.79. The molecule has 0 unspecified atom stereocenters. The van der Waals surface area contributed by atoms with Gasteiger partial charge in [0.15, 0.2) is 0 Å². The number of aromatic nitrogens is 4. The molecule has 2 aliphatic rings. The standard InChI is InChI=1S/C42H42N8O5/c1-27(2)37-26-39(50(48-37)31-9-11-33(12-10-31)54-22-19-49-17-20-53-21-18-49)46-42(52)45-36-13-14-38(35-6-4-3-5-34(35)36)55-40-15-16-43-41(47-40)44-30-8-7-28-24-32(51)25-29(28)23-30/h3-16,23,26-27H,17-22,24-25H2,1-2H3,(H,43,44,47)(H2,45,46,52). The molecule has 8 rings (SSSR count). The molecule has 1 saturated heterocycles. The van der Waals surface area contributed by atoms with Gasteiger partial charge in [-0.25, -0.2) is 14.5 Å². The third kappa shape index (κ3) is 8.43. The molecule has 0 saturated carbocycles. The lowest BCUT2D eigenvalue weighted by Gasteiger charge is -2.26. The predicted molar refractivity (Wildman–Crippen MR) is 211 cm³/mol. The molecular weight excluding hydrogens is 697 g/mol. The van der Waals surface area contributed by atoms with Crippen LogP contribution in [0, 0.1) is 0 Å². The van der Waals surface area contributed by atoms with Gasteiger partial charge < -0.3 is 24.8 Å². The van der Waals surface area contributed by atoms with Gasteiger partial charge in [-0.1, -0.05) is 44.2 Å². The number of morpholine rings is 1. The summed E-state index contributed by atoms with van der Waals surface area (Å²) in [6.07, 6.45) is 2.55. The molecule has 2 aromatic heterocycles. The monoisotopic (exact) mass is 738 g/mol. The molecule has 0 atom stereocenters. The number of rotatable bonds is 12. The van der Waals surface area contributed by atoms with Crippen LogP contribution >= 0.6 is 0 Å². The van der Waals surface area contributed by atoms with Crippen LogP contribution in [0.4, 0.5) is 27.9 Å². The van der Waals surface area contributed by atoms with Gasteiger partial charge in [0.2, 0.25) is 11.8 Å². The maximum atomic E-state index is 13.6. The number of urea groups is 1. The largest absolute Gasteiger partial charge is 0.492 e. The number of hydrogen-bond acceptors (Lipinski definition) is 10. The Balaban J connectivity index is 0.946. The first kappa shape index (κ1) is 35.7. The summed E-state index contributed by atoms with van der Waals surface area (Å²) in [4.78, 5) is 36.7. The van der Waals surface area contributed by atoms with E-state index in [-0.39, 0.29) is 11.7 Å². The van der Waals surface area contributed by atoms with Crippen LogP contribution < -0.4 is 25.4 Å². The summed E-state index contributed by atoms with van der Waals surface area (Å²) in [6.45, 7) is 8.93. The van der Waals surface area contributed by atoms with Gasteiger partial charge in [0.05, 0.1) is 30.3 Å².